The summed E-state index contributed by atoms with van der Waals surface area (Å²) in [6.45, 7) is 3.23. The summed E-state index contributed by atoms with van der Waals surface area (Å²) in [5, 5.41) is 15.8. The molecule has 0 radical (unpaired) electrons. The SMILES string of the molecule is C=C/C=C(\CNC(=O)c1cnn2cccc(Cc3ccc(C(F)(F)F)cc3)c12)C(=O)O. The van der Waals surface area contributed by atoms with Crippen LogP contribution in [0.15, 0.2) is 73.1 Å². The van der Waals surface area contributed by atoms with Gasteiger partial charge in [-0.25, -0.2) is 9.31 Å². The number of carbonyl (C=O) groups excluding carboxylic acids is 1. The molecule has 0 spiro atoms. The number of hydrogen-bond donors (Lipinski definition) is 2. The van der Waals surface area contributed by atoms with Crippen LogP contribution in [0.25, 0.3) is 5.52 Å². The van der Waals surface area contributed by atoms with Crippen LogP contribution in [0.5, 0.6) is 0 Å². The first-order valence-corrected chi connectivity index (χ1v) is 9.15. The fraction of sp³-hybridized carbons (Fsp3) is 0.136. The second-order valence-electron chi connectivity index (χ2n) is 6.67. The molecule has 0 saturated heterocycles. The molecule has 160 valence electrons. The van der Waals surface area contributed by atoms with E-state index in [-0.39, 0.29) is 24.1 Å². The zero-order valence-corrected chi connectivity index (χ0v) is 16.2. The van der Waals surface area contributed by atoms with Crippen molar-refractivity contribution in [2.45, 2.75) is 12.6 Å². The van der Waals surface area contributed by atoms with Gasteiger partial charge in [0.15, 0.2) is 0 Å². The molecular weight excluding hydrogens is 411 g/mol. The second-order valence-corrected chi connectivity index (χ2v) is 6.67. The third kappa shape index (κ3) is 5.00. The summed E-state index contributed by atoms with van der Waals surface area (Å²) in [6.07, 6.45) is 1.47. The number of hydrogen-bond acceptors (Lipinski definition) is 3. The predicted molar refractivity (Wildman–Crippen MR) is 108 cm³/mol. The Hall–Kier alpha value is -3.88. The van der Waals surface area contributed by atoms with Crippen molar-refractivity contribution in [3.8, 4) is 0 Å². The molecule has 9 heteroatoms. The number of nitrogens with zero attached hydrogens (tertiary/aromatic N) is 2. The summed E-state index contributed by atoms with van der Waals surface area (Å²) < 4.78 is 39.8. The van der Waals surface area contributed by atoms with Gasteiger partial charge in [0.1, 0.15) is 0 Å². The molecule has 0 bridgehead atoms. The Labute approximate surface area is 175 Å². The Kier molecular flexibility index (Phi) is 6.24. The van der Waals surface area contributed by atoms with E-state index in [4.69, 9.17) is 5.11 Å². The summed E-state index contributed by atoms with van der Waals surface area (Å²) in [5.74, 6) is -1.70. The average molecular weight is 429 g/mol. The van der Waals surface area contributed by atoms with E-state index in [0.717, 1.165) is 12.1 Å². The minimum atomic E-state index is -4.41. The van der Waals surface area contributed by atoms with Gasteiger partial charge in [-0.3, -0.25) is 4.79 Å². The van der Waals surface area contributed by atoms with Gasteiger partial charge < -0.3 is 10.4 Å². The largest absolute Gasteiger partial charge is 0.478 e. The summed E-state index contributed by atoms with van der Waals surface area (Å²) in [6, 6.07) is 8.28. The fourth-order valence-corrected chi connectivity index (χ4v) is 3.07. The van der Waals surface area contributed by atoms with Crippen LogP contribution in [0.1, 0.15) is 27.0 Å². The highest BCUT2D eigenvalue weighted by molar-refractivity contribution is 6.02. The average Bonchev–Trinajstić information content (AvgIpc) is 3.16. The Morgan fingerprint density at radius 1 is 1.19 bits per heavy atom. The number of benzene rings is 1. The van der Waals surface area contributed by atoms with Gasteiger partial charge in [0, 0.05) is 6.20 Å². The minimum absolute atomic E-state index is 0.0372. The molecule has 1 aromatic carbocycles. The smallest absolute Gasteiger partial charge is 0.416 e. The third-order valence-corrected chi connectivity index (χ3v) is 4.58. The Morgan fingerprint density at radius 2 is 1.90 bits per heavy atom. The monoisotopic (exact) mass is 429 g/mol. The van der Waals surface area contributed by atoms with Crippen LogP contribution < -0.4 is 5.32 Å². The number of pyridine rings is 1. The first-order valence-electron chi connectivity index (χ1n) is 9.15. The number of rotatable bonds is 7. The van der Waals surface area contributed by atoms with Crippen LogP contribution in [0.4, 0.5) is 13.2 Å². The number of halogens is 3. The maximum absolute atomic E-state index is 12.8. The number of carbonyl (C=O) groups is 2. The zero-order valence-electron chi connectivity index (χ0n) is 16.2. The second kappa shape index (κ2) is 8.86. The Balaban J connectivity index is 1.87. The topological polar surface area (TPSA) is 83.7 Å². The molecule has 0 unspecified atom stereocenters. The van der Waals surface area contributed by atoms with E-state index < -0.39 is 23.6 Å². The molecule has 2 heterocycles. The van der Waals surface area contributed by atoms with Crippen molar-refractivity contribution in [1.82, 2.24) is 14.9 Å². The number of carboxylic acid groups (broad SMARTS) is 1. The number of allylic oxidation sites excluding steroid dienone is 2. The number of fused-ring (bicyclic) bond motifs is 1. The van der Waals surface area contributed by atoms with Gasteiger partial charge in [-0.1, -0.05) is 36.9 Å². The molecule has 0 atom stereocenters. The van der Waals surface area contributed by atoms with Crippen LogP contribution in [-0.4, -0.2) is 33.1 Å². The normalized spacial score (nSPS) is 12.0. The van der Waals surface area contributed by atoms with E-state index in [1.807, 2.05) is 0 Å². The molecule has 0 aliphatic carbocycles. The number of aliphatic carboxylic acids is 1. The van der Waals surface area contributed by atoms with Gasteiger partial charge in [0.2, 0.25) is 0 Å². The maximum Gasteiger partial charge on any atom is 0.416 e. The molecule has 0 saturated carbocycles. The molecule has 6 nitrogen and oxygen atoms in total. The van der Waals surface area contributed by atoms with Crippen molar-refractivity contribution in [2.75, 3.05) is 6.54 Å². The number of amides is 1. The highest BCUT2D eigenvalue weighted by Gasteiger charge is 2.30. The van der Waals surface area contributed by atoms with E-state index in [1.54, 1.807) is 18.3 Å². The van der Waals surface area contributed by atoms with Crippen molar-refractivity contribution < 1.29 is 27.9 Å². The van der Waals surface area contributed by atoms with Crippen LogP contribution in [0, 0.1) is 0 Å². The molecular formula is C22H18F3N3O3. The van der Waals surface area contributed by atoms with Crippen molar-refractivity contribution in [1.29, 1.82) is 0 Å². The van der Waals surface area contributed by atoms with Gasteiger partial charge in [0.25, 0.3) is 5.91 Å². The molecule has 3 rings (SSSR count). The highest BCUT2D eigenvalue weighted by atomic mass is 19.4. The maximum atomic E-state index is 12.8. The van der Waals surface area contributed by atoms with E-state index in [0.29, 0.717) is 16.6 Å². The number of aromatic nitrogens is 2. The highest BCUT2D eigenvalue weighted by Crippen LogP contribution is 2.29. The van der Waals surface area contributed by atoms with Gasteiger partial charge in [-0.05, 0) is 35.7 Å². The number of carboxylic acids is 1. The fourth-order valence-electron chi connectivity index (χ4n) is 3.07. The third-order valence-electron chi connectivity index (χ3n) is 4.58. The van der Waals surface area contributed by atoms with Gasteiger partial charge in [-0.2, -0.15) is 18.3 Å². The predicted octanol–water partition coefficient (Wildman–Crippen LogP) is 3.87. The van der Waals surface area contributed by atoms with Gasteiger partial charge in [0.05, 0.1) is 35.0 Å². The Morgan fingerprint density at radius 3 is 2.52 bits per heavy atom. The standard InChI is InChI=1S/C22H18F3N3O3/c1-2-4-16(21(30)31)12-26-20(29)18-13-27-28-10-3-5-15(19(18)28)11-14-6-8-17(9-7-14)22(23,24)25/h2-10,13H,1,11-12H2,(H,26,29)(H,30,31)/b16-4+. The van der Waals surface area contributed by atoms with Crippen molar-refractivity contribution in [3.63, 3.8) is 0 Å². The van der Waals surface area contributed by atoms with Crippen molar-refractivity contribution >= 4 is 17.4 Å². The van der Waals surface area contributed by atoms with Gasteiger partial charge in [-0.15, -0.1) is 0 Å². The molecule has 31 heavy (non-hydrogen) atoms. The first-order chi connectivity index (χ1) is 14.7. The lowest BCUT2D eigenvalue weighted by Gasteiger charge is -2.10. The zero-order chi connectivity index (χ0) is 22.6. The van der Waals surface area contributed by atoms with Crippen molar-refractivity contribution in [2.24, 2.45) is 0 Å². The van der Waals surface area contributed by atoms with Gasteiger partial charge >= 0.3 is 12.1 Å². The van der Waals surface area contributed by atoms with E-state index in [2.05, 4.69) is 17.0 Å². The summed E-state index contributed by atoms with van der Waals surface area (Å²) in [5.41, 5.74) is 1.27. The van der Waals surface area contributed by atoms with Crippen LogP contribution in [-0.2, 0) is 17.4 Å². The lowest BCUT2D eigenvalue weighted by molar-refractivity contribution is -0.137. The molecule has 1 amide bonds. The summed E-state index contributed by atoms with van der Waals surface area (Å²) in [4.78, 5) is 23.9. The van der Waals surface area contributed by atoms with Crippen LogP contribution >= 0.6 is 0 Å². The minimum Gasteiger partial charge on any atom is -0.478 e. The lowest BCUT2D eigenvalue weighted by atomic mass is 10.0. The summed E-state index contributed by atoms with van der Waals surface area (Å²) in [7, 11) is 0. The van der Waals surface area contributed by atoms with E-state index >= 15 is 0 Å². The Bertz CT molecular complexity index is 1160. The number of alkyl halides is 3. The number of nitrogens with one attached hydrogen (secondary N) is 1. The lowest BCUT2D eigenvalue weighted by Crippen LogP contribution is -2.27. The van der Waals surface area contributed by atoms with E-state index in [1.165, 1.54) is 35.0 Å². The first kappa shape index (κ1) is 21.8. The molecule has 3 aromatic rings. The quantitative estimate of drug-likeness (QED) is 0.441. The summed E-state index contributed by atoms with van der Waals surface area (Å²) >= 11 is 0. The molecule has 2 aromatic heterocycles. The molecule has 0 aliphatic heterocycles. The van der Waals surface area contributed by atoms with Crippen molar-refractivity contribution in [3.05, 3.63) is 95.3 Å². The molecule has 0 aliphatic rings. The molecule has 0 fully saturated rings. The van der Waals surface area contributed by atoms with E-state index in [9.17, 15) is 22.8 Å². The van der Waals surface area contributed by atoms with Crippen LogP contribution in [0.3, 0.4) is 0 Å². The van der Waals surface area contributed by atoms with Crippen LogP contribution in [0.2, 0.25) is 0 Å². The molecule has 2 N–H and O–H groups in total.